The SMILES string of the molecule is COC(=O)c1cc(N2CC(SC(C)=O)CC2=O)ccn1. The molecule has 0 aromatic carbocycles. The number of rotatable bonds is 3. The summed E-state index contributed by atoms with van der Waals surface area (Å²) in [6.45, 7) is 1.94. The number of nitrogens with zero attached hydrogens (tertiary/aromatic N) is 2. The van der Waals surface area contributed by atoms with Gasteiger partial charge in [0.2, 0.25) is 5.91 Å². The molecule has 1 aliphatic rings. The topological polar surface area (TPSA) is 76.6 Å². The highest BCUT2D eigenvalue weighted by Crippen LogP contribution is 2.28. The van der Waals surface area contributed by atoms with Crippen molar-refractivity contribution in [2.75, 3.05) is 18.6 Å². The Morgan fingerprint density at radius 1 is 1.50 bits per heavy atom. The van der Waals surface area contributed by atoms with Gasteiger partial charge in [-0.05, 0) is 12.1 Å². The minimum absolute atomic E-state index is 0.00497. The Bertz CT molecular complexity index is 561. The molecule has 0 radical (unpaired) electrons. The summed E-state index contributed by atoms with van der Waals surface area (Å²) in [7, 11) is 1.28. The van der Waals surface area contributed by atoms with Gasteiger partial charge in [0.1, 0.15) is 5.69 Å². The van der Waals surface area contributed by atoms with E-state index in [4.69, 9.17) is 0 Å². The Hall–Kier alpha value is -1.89. The van der Waals surface area contributed by atoms with Crippen LogP contribution in [0.4, 0.5) is 5.69 Å². The first-order valence-electron chi connectivity index (χ1n) is 6.03. The lowest BCUT2D eigenvalue weighted by Crippen LogP contribution is -2.25. The number of carbonyl (C=O) groups is 3. The lowest BCUT2D eigenvalue weighted by Gasteiger charge is -2.16. The molecule has 1 amide bonds. The summed E-state index contributed by atoms with van der Waals surface area (Å²) >= 11 is 1.17. The van der Waals surface area contributed by atoms with E-state index in [2.05, 4.69) is 9.72 Å². The number of aromatic nitrogens is 1. The molecule has 1 unspecified atom stereocenters. The van der Waals surface area contributed by atoms with Crippen molar-refractivity contribution in [3.05, 3.63) is 24.0 Å². The van der Waals surface area contributed by atoms with Crippen molar-refractivity contribution in [2.45, 2.75) is 18.6 Å². The summed E-state index contributed by atoms with van der Waals surface area (Å²) in [4.78, 5) is 40.0. The predicted octanol–water partition coefficient (Wildman–Crippen LogP) is 1.25. The van der Waals surface area contributed by atoms with Crippen LogP contribution in [0.5, 0.6) is 0 Å². The number of thioether (sulfide) groups is 1. The maximum atomic E-state index is 12.0. The van der Waals surface area contributed by atoms with Gasteiger partial charge in [-0.1, -0.05) is 11.8 Å². The number of hydrogen-bond donors (Lipinski definition) is 0. The number of esters is 1. The molecule has 0 spiro atoms. The van der Waals surface area contributed by atoms with Crippen LogP contribution in [0.15, 0.2) is 18.3 Å². The van der Waals surface area contributed by atoms with E-state index >= 15 is 0 Å². The van der Waals surface area contributed by atoms with Crippen LogP contribution in [0.2, 0.25) is 0 Å². The van der Waals surface area contributed by atoms with Crippen LogP contribution in [0, 0.1) is 0 Å². The molecule has 0 aliphatic carbocycles. The van der Waals surface area contributed by atoms with E-state index in [9.17, 15) is 14.4 Å². The average molecular weight is 294 g/mol. The van der Waals surface area contributed by atoms with Gasteiger partial charge in [0.05, 0.1) is 7.11 Å². The van der Waals surface area contributed by atoms with Crippen molar-refractivity contribution < 1.29 is 19.1 Å². The minimum atomic E-state index is -0.548. The molecular formula is C13H14N2O4S. The molecule has 1 aromatic rings. The largest absolute Gasteiger partial charge is 0.464 e. The van der Waals surface area contributed by atoms with E-state index in [1.165, 1.54) is 38.1 Å². The van der Waals surface area contributed by atoms with E-state index in [0.29, 0.717) is 18.7 Å². The van der Waals surface area contributed by atoms with Crippen molar-refractivity contribution in [1.82, 2.24) is 4.98 Å². The zero-order valence-electron chi connectivity index (χ0n) is 11.2. The Morgan fingerprint density at radius 3 is 2.90 bits per heavy atom. The Kier molecular flexibility index (Phi) is 4.39. The first-order chi connectivity index (χ1) is 9.51. The van der Waals surface area contributed by atoms with Gasteiger partial charge in [-0.3, -0.25) is 9.59 Å². The molecule has 1 saturated heterocycles. The van der Waals surface area contributed by atoms with Crippen molar-refractivity contribution in [2.24, 2.45) is 0 Å². The number of methoxy groups -OCH3 is 1. The summed E-state index contributed by atoms with van der Waals surface area (Å²) in [5, 5.41) is -0.0515. The third kappa shape index (κ3) is 3.16. The predicted molar refractivity (Wildman–Crippen MR) is 74.6 cm³/mol. The molecule has 20 heavy (non-hydrogen) atoms. The fourth-order valence-electron chi connectivity index (χ4n) is 2.04. The number of ether oxygens (including phenoxy) is 1. The van der Waals surface area contributed by atoms with E-state index in [1.807, 2.05) is 0 Å². The molecular weight excluding hydrogens is 280 g/mol. The molecule has 106 valence electrons. The van der Waals surface area contributed by atoms with E-state index in [0.717, 1.165) is 0 Å². The molecule has 2 heterocycles. The fraction of sp³-hybridized carbons (Fsp3) is 0.385. The highest BCUT2D eigenvalue weighted by Gasteiger charge is 2.32. The van der Waals surface area contributed by atoms with Crippen LogP contribution in [0.25, 0.3) is 0 Å². The van der Waals surface area contributed by atoms with Gasteiger partial charge in [0.25, 0.3) is 0 Å². The second-order valence-corrected chi connectivity index (χ2v) is 5.81. The summed E-state index contributed by atoms with van der Waals surface area (Å²) in [5.41, 5.74) is 0.748. The van der Waals surface area contributed by atoms with Crippen LogP contribution < -0.4 is 4.90 Å². The maximum Gasteiger partial charge on any atom is 0.356 e. The van der Waals surface area contributed by atoms with Crippen LogP contribution in [-0.2, 0) is 14.3 Å². The standard InChI is InChI=1S/C13H14N2O4S/c1-8(16)20-10-6-12(17)15(7-10)9-3-4-14-11(5-9)13(18)19-2/h3-5,10H,6-7H2,1-2H3. The van der Waals surface area contributed by atoms with Crippen molar-refractivity contribution in [3.8, 4) is 0 Å². The fourth-order valence-corrected chi connectivity index (χ4v) is 2.96. The van der Waals surface area contributed by atoms with Crippen molar-refractivity contribution in [3.63, 3.8) is 0 Å². The molecule has 1 atom stereocenters. The first kappa shape index (κ1) is 14.5. The van der Waals surface area contributed by atoms with Gasteiger partial charge in [0, 0.05) is 37.0 Å². The molecule has 0 N–H and O–H groups in total. The second-order valence-electron chi connectivity index (χ2n) is 4.33. The van der Waals surface area contributed by atoms with Gasteiger partial charge >= 0.3 is 5.97 Å². The van der Waals surface area contributed by atoms with Gasteiger partial charge in [0.15, 0.2) is 5.12 Å². The number of pyridine rings is 1. The lowest BCUT2D eigenvalue weighted by atomic mass is 10.3. The number of carbonyl (C=O) groups excluding carboxylic acids is 3. The first-order valence-corrected chi connectivity index (χ1v) is 6.91. The summed E-state index contributed by atoms with van der Waals surface area (Å²) < 4.78 is 4.60. The highest BCUT2D eigenvalue weighted by molar-refractivity contribution is 8.14. The summed E-state index contributed by atoms with van der Waals surface area (Å²) in [6.07, 6.45) is 1.78. The molecule has 1 aromatic heterocycles. The summed E-state index contributed by atoms with van der Waals surface area (Å²) in [6, 6.07) is 3.18. The van der Waals surface area contributed by atoms with Crippen LogP contribution >= 0.6 is 11.8 Å². The number of hydrogen-bond acceptors (Lipinski definition) is 6. The smallest absolute Gasteiger partial charge is 0.356 e. The quantitative estimate of drug-likeness (QED) is 0.781. The molecule has 2 rings (SSSR count). The van der Waals surface area contributed by atoms with E-state index in [-0.39, 0.29) is 22.0 Å². The Balaban J connectivity index is 2.17. The van der Waals surface area contributed by atoms with Crippen molar-refractivity contribution >= 4 is 34.4 Å². The van der Waals surface area contributed by atoms with Gasteiger partial charge in [-0.2, -0.15) is 0 Å². The van der Waals surface area contributed by atoms with E-state index < -0.39 is 5.97 Å². The zero-order valence-corrected chi connectivity index (χ0v) is 12.0. The average Bonchev–Trinajstić information content (AvgIpc) is 2.78. The highest BCUT2D eigenvalue weighted by atomic mass is 32.2. The molecule has 0 saturated carbocycles. The number of anilines is 1. The van der Waals surface area contributed by atoms with E-state index in [1.54, 1.807) is 11.0 Å². The summed E-state index contributed by atoms with van der Waals surface area (Å²) in [5.74, 6) is -0.612. The molecule has 7 heteroatoms. The van der Waals surface area contributed by atoms with Crippen LogP contribution in [0.3, 0.4) is 0 Å². The lowest BCUT2D eigenvalue weighted by molar-refractivity contribution is -0.117. The Labute approximate surface area is 120 Å². The molecule has 1 aliphatic heterocycles. The molecule has 0 bridgehead atoms. The third-order valence-electron chi connectivity index (χ3n) is 2.87. The van der Waals surface area contributed by atoms with Crippen molar-refractivity contribution in [1.29, 1.82) is 0 Å². The normalized spacial score (nSPS) is 18.2. The van der Waals surface area contributed by atoms with Gasteiger partial charge < -0.3 is 9.64 Å². The monoisotopic (exact) mass is 294 g/mol. The third-order valence-corrected chi connectivity index (χ3v) is 3.85. The van der Waals surface area contributed by atoms with Gasteiger partial charge in [-0.25, -0.2) is 9.78 Å². The molecule has 1 fully saturated rings. The zero-order chi connectivity index (χ0) is 14.7. The van der Waals surface area contributed by atoms with Crippen LogP contribution in [0.1, 0.15) is 23.8 Å². The maximum absolute atomic E-state index is 12.0. The second kappa shape index (κ2) is 6.04. The Morgan fingerprint density at radius 2 is 2.25 bits per heavy atom. The minimum Gasteiger partial charge on any atom is -0.464 e. The van der Waals surface area contributed by atoms with Crippen LogP contribution in [-0.4, -0.2) is 40.9 Å². The number of amides is 1. The van der Waals surface area contributed by atoms with Gasteiger partial charge in [-0.15, -0.1) is 0 Å². The molecule has 6 nitrogen and oxygen atoms in total.